The highest BCUT2D eigenvalue weighted by molar-refractivity contribution is 9.11. The van der Waals surface area contributed by atoms with Gasteiger partial charge >= 0.3 is 5.97 Å². The molecule has 0 saturated carbocycles. The number of carboxylic acid groups (broad SMARTS) is 1. The summed E-state index contributed by atoms with van der Waals surface area (Å²) in [5, 5.41) is 14.7. The van der Waals surface area contributed by atoms with E-state index in [1.165, 1.54) is 6.07 Å². The van der Waals surface area contributed by atoms with Gasteiger partial charge in [-0.1, -0.05) is 46.3 Å². The number of amides is 1. The van der Waals surface area contributed by atoms with Gasteiger partial charge in [0.05, 0.1) is 11.3 Å². The Morgan fingerprint density at radius 2 is 1.74 bits per heavy atom. The number of anilines is 1. The molecule has 3 rings (SSSR count). The first-order valence-electron chi connectivity index (χ1n) is 8.95. The maximum absolute atomic E-state index is 12.6. The molecule has 0 atom stereocenters. The number of carbonyl (C=O) groups is 2. The standard InChI is InChI=1S/C22H16Br2N2O4S/c23-15-10-17(21(28)29)19(18(24)11-15)25-22(31)26-20(27)14-6-4-5-13(9-14)12-30-16-7-2-1-3-8-16/h1-11H,12H2,(H,28,29)(H2,25,26,27,31). The lowest BCUT2D eigenvalue weighted by molar-refractivity contribution is 0.0697. The monoisotopic (exact) mass is 562 g/mol. The zero-order valence-corrected chi connectivity index (χ0v) is 19.9. The predicted octanol–water partition coefficient (Wildman–Crippen LogP) is 5.62. The topological polar surface area (TPSA) is 87.7 Å². The van der Waals surface area contributed by atoms with E-state index in [1.807, 2.05) is 36.4 Å². The summed E-state index contributed by atoms with van der Waals surface area (Å²) in [6.07, 6.45) is 0. The summed E-state index contributed by atoms with van der Waals surface area (Å²) in [5.74, 6) is -0.828. The van der Waals surface area contributed by atoms with Crippen LogP contribution >= 0.6 is 44.1 Å². The maximum Gasteiger partial charge on any atom is 0.337 e. The van der Waals surface area contributed by atoms with Crippen molar-refractivity contribution in [3.05, 3.63) is 92.4 Å². The van der Waals surface area contributed by atoms with Crippen molar-refractivity contribution in [2.45, 2.75) is 6.61 Å². The highest BCUT2D eigenvalue weighted by atomic mass is 79.9. The molecule has 158 valence electrons. The van der Waals surface area contributed by atoms with Crippen molar-refractivity contribution in [2.75, 3.05) is 5.32 Å². The van der Waals surface area contributed by atoms with Gasteiger partial charge in [-0.05, 0) is 70.1 Å². The normalized spacial score (nSPS) is 10.3. The van der Waals surface area contributed by atoms with Crippen molar-refractivity contribution >= 4 is 66.8 Å². The minimum Gasteiger partial charge on any atom is -0.489 e. The molecule has 0 aliphatic carbocycles. The number of para-hydroxylation sites is 1. The van der Waals surface area contributed by atoms with Crippen LogP contribution in [0, 0.1) is 0 Å². The minimum atomic E-state index is -1.13. The number of carboxylic acids is 1. The van der Waals surface area contributed by atoms with Crippen molar-refractivity contribution < 1.29 is 19.4 Å². The molecule has 9 heteroatoms. The Balaban J connectivity index is 1.67. The highest BCUT2D eigenvalue weighted by Gasteiger charge is 2.17. The van der Waals surface area contributed by atoms with Crippen molar-refractivity contribution in [3.8, 4) is 5.75 Å². The maximum atomic E-state index is 12.6. The third kappa shape index (κ3) is 6.36. The number of benzene rings is 3. The number of carbonyl (C=O) groups excluding carboxylic acids is 1. The number of nitrogens with one attached hydrogen (secondary N) is 2. The van der Waals surface area contributed by atoms with Crippen LogP contribution in [0.15, 0.2) is 75.7 Å². The molecule has 0 spiro atoms. The largest absolute Gasteiger partial charge is 0.489 e. The van der Waals surface area contributed by atoms with Crippen LogP contribution in [0.2, 0.25) is 0 Å². The summed E-state index contributed by atoms with van der Waals surface area (Å²) in [5.41, 5.74) is 1.45. The number of hydrogen-bond donors (Lipinski definition) is 3. The van der Waals surface area contributed by atoms with Crippen LogP contribution in [0.5, 0.6) is 5.75 Å². The second-order valence-electron chi connectivity index (χ2n) is 6.33. The second-order valence-corrected chi connectivity index (χ2v) is 8.50. The van der Waals surface area contributed by atoms with Crippen LogP contribution < -0.4 is 15.4 Å². The molecule has 0 aromatic heterocycles. The third-order valence-corrected chi connectivity index (χ3v) is 5.38. The van der Waals surface area contributed by atoms with Crippen LogP contribution in [-0.2, 0) is 6.61 Å². The van der Waals surface area contributed by atoms with Crippen LogP contribution in [0.4, 0.5) is 5.69 Å². The molecule has 0 saturated heterocycles. The fourth-order valence-corrected chi connectivity index (χ4v) is 4.19. The van der Waals surface area contributed by atoms with E-state index in [0.717, 1.165) is 11.3 Å². The van der Waals surface area contributed by atoms with Crippen molar-refractivity contribution in [3.63, 3.8) is 0 Å². The van der Waals surface area contributed by atoms with Crippen LogP contribution in [-0.4, -0.2) is 22.1 Å². The fraction of sp³-hybridized carbons (Fsp3) is 0.0455. The van der Waals surface area contributed by atoms with E-state index in [9.17, 15) is 14.7 Å². The van der Waals surface area contributed by atoms with E-state index >= 15 is 0 Å². The first kappa shape index (κ1) is 22.9. The Hall–Kier alpha value is -2.75. The van der Waals surface area contributed by atoms with Gasteiger partial charge in [-0.15, -0.1) is 0 Å². The van der Waals surface area contributed by atoms with Gasteiger partial charge in [0.15, 0.2) is 5.11 Å². The molecule has 0 aliphatic heterocycles. The van der Waals surface area contributed by atoms with E-state index in [-0.39, 0.29) is 16.4 Å². The lowest BCUT2D eigenvalue weighted by Crippen LogP contribution is -2.34. The predicted molar refractivity (Wildman–Crippen MR) is 130 cm³/mol. The molecular weight excluding hydrogens is 548 g/mol. The first-order chi connectivity index (χ1) is 14.8. The van der Waals surface area contributed by atoms with E-state index in [1.54, 1.807) is 24.3 Å². The van der Waals surface area contributed by atoms with Gasteiger partial charge < -0.3 is 15.2 Å². The van der Waals surface area contributed by atoms with Gasteiger partial charge in [-0.25, -0.2) is 4.79 Å². The van der Waals surface area contributed by atoms with Gasteiger partial charge in [0.2, 0.25) is 0 Å². The number of aromatic carboxylic acids is 1. The molecule has 1 amide bonds. The number of rotatable bonds is 6. The number of hydrogen-bond acceptors (Lipinski definition) is 4. The number of ether oxygens (including phenoxy) is 1. The minimum absolute atomic E-state index is 0.00194. The molecule has 0 unspecified atom stereocenters. The number of thiocarbonyl (C=S) groups is 1. The summed E-state index contributed by atoms with van der Waals surface area (Å²) >= 11 is 11.8. The van der Waals surface area contributed by atoms with Crippen LogP contribution in [0.25, 0.3) is 0 Å². The molecule has 31 heavy (non-hydrogen) atoms. The lowest BCUT2D eigenvalue weighted by Gasteiger charge is -2.14. The molecule has 3 aromatic rings. The quantitative estimate of drug-likeness (QED) is 0.338. The van der Waals surface area contributed by atoms with E-state index < -0.39 is 11.9 Å². The van der Waals surface area contributed by atoms with Gasteiger partial charge in [0.25, 0.3) is 5.91 Å². The zero-order chi connectivity index (χ0) is 22.4. The average Bonchev–Trinajstić information content (AvgIpc) is 2.74. The zero-order valence-electron chi connectivity index (χ0n) is 15.9. The third-order valence-electron chi connectivity index (χ3n) is 4.09. The smallest absolute Gasteiger partial charge is 0.337 e. The summed E-state index contributed by atoms with van der Waals surface area (Å²) in [6.45, 7) is 0.307. The summed E-state index contributed by atoms with van der Waals surface area (Å²) in [4.78, 5) is 24.1. The lowest BCUT2D eigenvalue weighted by atomic mass is 10.1. The Kier molecular flexibility index (Phi) is 7.78. The van der Waals surface area contributed by atoms with Crippen LogP contribution in [0.3, 0.4) is 0 Å². The van der Waals surface area contributed by atoms with Gasteiger partial charge in [0.1, 0.15) is 12.4 Å². The molecule has 0 heterocycles. The molecule has 0 bridgehead atoms. The Morgan fingerprint density at radius 3 is 2.45 bits per heavy atom. The SMILES string of the molecule is O=C(NC(=S)Nc1c(Br)cc(Br)cc1C(=O)O)c1cccc(COc2ccccc2)c1. The fourth-order valence-electron chi connectivity index (χ4n) is 2.68. The van der Waals surface area contributed by atoms with E-state index in [0.29, 0.717) is 21.1 Å². The molecule has 6 nitrogen and oxygen atoms in total. The van der Waals surface area contributed by atoms with Crippen molar-refractivity contribution in [2.24, 2.45) is 0 Å². The molecule has 0 fully saturated rings. The Morgan fingerprint density at radius 1 is 1.00 bits per heavy atom. The summed E-state index contributed by atoms with van der Waals surface area (Å²) in [7, 11) is 0. The van der Waals surface area contributed by atoms with Crippen molar-refractivity contribution in [1.82, 2.24) is 5.32 Å². The molecular formula is C22H16Br2N2O4S. The summed E-state index contributed by atoms with van der Waals surface area (Å²) in [6, 6.07) is 19.5. The molecule has 0 aliphatic rings. The Labute approximate surface area is 200 Å². The van der Waals surface area contributed by atoms with Gasteiger partial charge in [0, 0.05) is 14.5 Å². The average molecular weight is 564 g/mol. The molecule has 0 radical (unpaired) electrons. The van der Waals surface area contributed by atoms with Crippen molar-refractivity contribution in [1.29, 1.82) is 0 Å². The summed E-state index contributed by atoms with van der Waals surface area (Å²) < 4.78 is 6.78. The first-order valence-corrected chi connectivity index (χ1v) is 10.9. The number of halogens is 2. The van der Waals surface area contributed by atoms with Crippen LogP contribution in [0.1, 0.15) is 26.3 Å². The highest BCUT2D eigenvalue weighted by Crippen LogP contribution is 2.31. The van der Waals surface area contributed by atoms with E-state index in [2.05, 4.69) is 42.5 Å². The van der Waals surface area contributed by atoms with E-state index in [4.69, 9.17) is 17.0 Å². The van der Waals surface area contributed by atoms with Gasteiger partial charge in [-0.3, -0.25) is 10.1 Å². The molecule has 3 aromatic carbocycles. The second kappa shape index (κ2) is 10.5. The Bertz CT molecular complexity index is 1140. The molecule has 3 N–H and O–H groups in total. The van der Waals surface area contributed by atoms with Gasteiger partial charge in [-0.2, -0.15) is 0 Å².